The molecule has 1 aliphatic rings. The summed E-state index contributed by atoms with van der Waals surface area (Å²) in [7, 11) is 0. The smallest absolute Gasteiger partial charge is 0.226 e. The fraction of sp³-hybridized carbons (Fsp3) is 0.571. The quantitative estimate of drug-likeness (QED) is 0.887. The number of hydrogen-bond acceptors (Lipinski definition) is 4. The van der Waals surface area contributed by atoms with Crippen LogP contribution in [0.15, 0.2) is 0 Å². The number of amides is 1. The number of carbonyl (C=O) groups is 1. The maximum Gasteiger partial charge on any atom is 0.226 e. The van der Waals surface area contributed by atoms with E-state index in [2.05, 4.69) is 11.4 Å². The van der Waals surface area contributed by atoms with Gasteiger partial charge in [0.05, 0.1) is 5.56 Å². The SMILES string of the molecule is CC(C)C(N)CC(=O)Nc1sc2c(c1C#N)CCC2. The molecule has 0 radical (unpaired) electrons. The van der Waals surface area contributed by atoms with Crippen LogP contribution in [-0.2, 0) is 17.6 Å². The fourth-order valence-electron chi connectivity index (χ4n) is 2.24. The zero-order chi connectivity index (χ0) is 14.0. The maximum absolute atomic E-state index is 11.9. The largest absolute Gasteiger partial charge is 0.327 e. The van der Waals surface area contributed by atoms with E-state index in [9.17, 15) is 10.1 Å². The standard InChI is InChI=1S/C14H19N3OS/c1-8(2)11(16)6-13(18)17-14-10(7-15)9-4-3-5-12(9)19-14/h8,11H,3-6,16H2,1-2H3,(H,17,18). The molecule has 0 aromatic carbocycles. The van der Waals surface area contributed by atoms with Gasteiger partial charge in [-0.1, -0.05) is 13.8 Å². The Morgan fingerprint density at radius 1 is 1.53 bits per heavy atom. The van der Waals surface area contributed by atoms with Crippen molar-refractivity contribution in [1.29, 1.82) is 5.26 Å². The summed E-state index contributed by atoms with van der Waals surface area (Å²) in [6.07, 6.45) is 3.39. The van der Waals surface area contributed by atoms with Gasteiger partial charge in [0.15, 0.2) is 0 Å². The van der Waals surface area contributed by atoms with Gasteiger partial charge in [0.25, 0.3) is 0 Å². The van der Waals surface area contributed by atoms with Crippen molar-refractivity contribution in [2.75, 3.05) is 5.32 Å². The molecule has 1 amide bonds. The number of nitriles is 1. The topological polar surface area (TPSA) is 78.9 Å². The molecule has 5 heteroatoms. The molecule has 2 rings (SSSR count). The molecule has 3 N–H and O–H groups in total. The molecule has 1 aromatic rings. The van der Waals surface area contributed by atoms with Crippen molar-refractivity contribution in [2.45, 2.75) is 45.6 Å². The lowest BCUT2D eigenvalue weighted by Crippen LogP contribution is -2.31. The lowest BCUT2D eigenvalue weighted by atomic mass is 10.0. The Morgan fingerprint density at radius 2 is 2.26 bits per heavy atom. The second-order valence-electron chi connectivity index (χ2n) is 5.33. The third kappa shape index (κ3) is 2.96. The highest BCUT2D eigenvalue weighted by Crippen LogP contribution is 2.38. The van der Waals surface area contributed by atoms with Gasteiger partial charge in [0.1, 0.15) is 11.1 Å². The van der Waals surface area contributed by atoms with Gasteiger partial charge in [-0.3, -0.25) is 4.79 Å². The number of anilines is 1. The van der Waals surface area contributed by atoms with Crippen LogP contribution < -0.4 is 11.1 Å². The van der Waals surface area contributed by atoms with Gasteiger partial charge in [-0.25, -0.2) is 0 Å². The summed E-state index contributed by atoms with van der Waals surface area (Å²) in [5.41, 5.74) is 7.68. The number of thiophene rings is 1. The number of hydrogen-bond donors (Lipinski definition) is 2. The third-order valence-electron chi connectivity index (χ3n) is 3.56. The monoisotopic (exact) mass is 277 g/mol. The first kappa shape index (κ1) is 14.0. The molecule has 102 valence electrons. The van der Waals surface area contributed by atoms with Crippen molar-refractivity contribution >= 4 is 22.2 Å². The molecular weight excluding hydrogens is 258 g/mol. The first-order chi connectivity index (χ1) is 9.02. The number of aryl methyl sites for hydroxylation is 1. The number of nitrogens with one attached hydrogen (secondary N) is 1. The first-order valence-electron chi connectivity index (χ1n) is 6.63. The van der Waals surface area contributed by atoms with Crippen LogP contribution in [0.2, 0.25) is 0 Å². The molecule has 1 aliphatic carbocycles. The molecule has 0 aliphatic heterocycles. The van der Waals surface area contributed by atoms with E-state index in [4.69, 9.17) is 5.73 Å². The Labute approximate surface area is 117 Å². The summed E-state index contributed by atoms with van der Waals surface area (Å²) >= 11 is 1.54. The van der Waals surface area contributed by atoms with Gasteiger partial charge >= 0.3 is 0 Å². The molecule has 1 unspecified atom stereocenters. The van der Waals surface area contributed by atoms with Gasteiger partial charge < -0.3 is 11.1 Å². The van der Waals surface area contributed by atoms with E-state index in [-0.39, 0.29) is 17.9 Å². The average Bonchev–Trinajstić information content (AvgIpc) is 2.88. The van der Waals surface area contributed by atoms with Crippen molar-refractivity contribution in [3.8, 4) is 6.07 Å². The predicted octanol–water partition coefficient (Wildman–Crippen LogP) is 2.42. The molecular formula is C14H19N3OS. The molecule has 1 aromatic heterocycles. The summed E-state index contributed by atoms with van der Waals surface area (Å²) in [6, 6.07) is 2.08. The molecule has 4 nitrogen and oxygen atoms in total. The van der Waals surface area contributed by atoms with Crippen LogP contribution in [0.4, 0.5) is 5.00 Å². The number of nitrogens with zero attached hydrogens (tertiary/aromatic N) is 1. The van der Waals surface area contributed by atoms with Gasteiger partial charge in [-0.2, -0.15) is 5.26 Å². The third-order valence-corrected chi connectivity index (χ3v) is 4.77. The van der Waals surface area contributed by atoms with Crippen molar-refractivity contribution in [1.82, 2.24) is 0 Å². The minimum absolute atomic E-state index is 0.0994. The van der Waals surface area contributed by atoms with E-state index >= 15 is 0 Å². The van der Waals surface area contributed by atoms with Crippen molar-refractivity contribution < 1.29 is 4.79 Å². The molecule has 0 saturated heterocycles. The molecule has 0 saturated carbocycles. The van der Waals surface area contributed by atoms with E-state index in [0.717, 1.165) is 24.8 Å². The predicted molar refractivity (Wildman–Crippen MR) is 77.1 cm³/mol. The van der Waals surface area contributed by atoms with E-state index in [1.165, 1.54) is 4.88 Å². The number of nitrogens with two attached hydrogens (primary N) is 1. The second-order valence-corrected chi connectivity index (χ2v) is 6.44. The molecule has 0 bridgehead atoms. The minimum atomic E-state index is -0.141. The minimum Gasteiger partial charge on any atom is -0.327 e. The summed E-state index contributed by atoms with van der Waals surface area (Å²) in [5.74, 6) is 0.173. The van der Waals surface area contributed by atoms with Gasteiger partial charge in [-0.15, -0.1) is 11.3 Å². The Balaban J connectivity index is 2.08. The summed E-state index contributed by atoms with van der Waals surface area (Å²) in [6.45, 7) is 4.00. The highest BCUT2D eigenvalue weighted by atomic mass is 32.1. The summed E-state index contributed by atoms with van der Waals surface area (Å²) in [5, 5.41) is 12.8. The fourth-order valence-corrected chi connectivity index (χ4v) is 3.49. The highest BCUT2D eigenvalue weighted by Gasteiger charge is 2.23. The molecule has 0 fully saturated rings. The van der Waals surface area contributed by atoms with Crippen molar-refractivity contribution in [2.24, 2.45) is 11.7 Å². The Bertz CT molecular complexity index is 528. The van der Waals surface area contributed by atoms with Crippen LogP contribution in [0.1, 0.15) is 42.7 Å². The van der Waals surface area contributed by atoms with Crippen LogP contribution >= 0.6 is 11.3 Å². The van der Waals surface area contributed by atoms with Gasteiger partial charge in [0.2, 0.25) is 5.91 Å². The first-order valence-corrected chi connectivity index (χ1v) is 7.44. The van der Waals surface area contributed by atoms with Crippen LogP contribution in [0, 0.1) is 17.2 Å². The van der Waals surface area contributed by atoms with Crippen LogP contribution in [0.25, 0.3) is 0 Å². The van der Waals surface area contributed by atoms with Crippen molar-refractivity contribution in [3.63, 3.8) is 0 Å². The maximum atomic E-state index is 11.9. The van der Waals surface area contributed by atoms with Gasteiger partial charge in [0, 0.05) is 17.3 Å². The zero-order valence-electron chi connectivity index (χ0n) is 11.3. The lowest BCUT2D eigenvalue weighted by Gasteiger charge is -2.14. The molecule has 1 atom stereocenters. The Hall–Kier alpha value is -1.38. The Morgan fingerprint density at radius 3 is 2.89 bits per heavy atom. The average molecular weight is 277 g/mol. The Kier molecular flexibility index (Phi) is 4.23. The van der Waals surface area contributed by atoms with Crippen LogP contribution in [0.3, 0.4) is 0 Å². The van der Waals surface area contributed by atoms with Gasteiger partial charge in [-0.05, 0) is 30.7 Å². The number of fused-ring (bicyclic) bond motifs is 1. The van der Waals surface area contributed by atoms with E-state index < -0.39 is 0 Å². The number of rotatable bonds is 4. The second kappa shape index (κ2) is 5.72. The summed E-state index contributed by atoms with van der Waals surface area (Å²) < 4.78 is 0. The molecule has 1 heterocycles. The summed E-state index contributed by atoms with van der Waals surface area (Å²) in [4.78, 5) is 13.2. The van der Waals surface area contributed by atoms with E-state index in [1.807, 2.05) is 13.8 Å². The number of carbonyl (C=O) groups excluding carboxylic acids is 1. The molecule has 0 spiro atoms. The van der Waals surface area contributed by atoms with E-state index in [0.29, 0.717) is 17.0 Å². The van der Waals surface area contributed by atoms with Crippen LogP contribution in [-0.4, -0.2) is 11.9 Å². The van der Waals surface area contributed by atoms with Crippen molar-refractivity contribution in [3.05, 3.63) is 16.0 Å². The highest BCUT2D eigenvalue weighted by molar-refractivity contribution is 7.16. The zero-order valence-corrected chi connectivity index (χ0v) is 12.1. The molecule has 19 heavy (non-hydrogen) atoms. The van der Waals surface area contributed by atoms with E-state index in [1.54, 1.807) is 11.3 Å². The normalized spacial score (nSPS) is 15.1. The lowest BCUT2D eigenvalue weighted by molar-refractivity contribution is -0.116. The van der Waals surface area contributed by atoms with Crippen LogP contribution in [0.5, 0.6) is 0 Å².